The molecule has 6 heteroatoms. The fourth-order valence-corrected chi connectivity index (χ4v) is 1.98. The number of nitro groups is 1. The smallest absolute Gasteiger partial charge is 0.284 e. The fraction of sp³-hybridized carbons (Fsp3) is 0.111. The zero-order valence-corrected chi connectivity index (χ0v) is 9.85. The zero-order chi connectivity index (χ0) is 11.6. The highest BCUT2D eigenvalue weighted by Crippen LogP contribution is 2.26. The SMILES string of the molecule is CC(=O)c1cc(C=O)cc([N+](=O)[O-])c1I. The number of benzene rings is 1. The maximum absolute atomic E-state index is 11.2. The van der Waals surface area contributed by atoms with Crippen molar-refractivity contribution in [1.82, 2.24) is 0 Å². The van der Waals surface area contributed by atoms with E-state index in [4.69, 9.17) is 0 Å². The number of rotatable bonds is 3. The second-order valence-electron chi connectivity index (χ2n) is 2.83. The molecule has 5 nitrogen and oxygen atoms in total. The van der Waals surface area contributed by atoms with Gasteiger partial charge in [-0.05, 0) is 35.6 Å². The standard InChI is InChI=1S/C9H6INO4/c1-5(13)7-2-6(4-12)3-8(9(7)10)11(14)15/h2-4H,1H3. The highest BCUT2D eigenvalue weighted by Gasteiger charge is 2.19. The van der Waals surface area contributed by atoms with Gasteiger partial charge < -0.3 is 0 Å². The van der Waals surface area contributed by atoms with Crippen molar-refractivity contribution in [2.24, 2.45) is 0 Å². The first-order valence-corrected chi connectivity index (χ1v) is 4.99. The molecule has 15 heavy (non-hydrogen) atoms. The van der Waals surface area contributed by atoms with Crippen LogP contribution in [0.1, 0.15) is 27.6 Å². The van der Waals surface area contributed by atoms with Crippen LogP contribution in [0, 0.1) is 13.7 Å². The van der Waals surface area contributed by atoms with Crippen LogP contribution in [0.3, 0.4) is 0 Å². The Kier molecular flexibility index (Phi) is 3.51. The predicted octanol–water partition coefficient (Wildman–Crippen LogP) is 2.21. The van der Waals surface area contributed by atoms with Gasteiger partial charge in [0, 0.05) is 17.2 Å². The maximum atomic E-state index is 11.2. The zero-order valence-electron chi connectivity index (χ0n) is 7.69. The normalized spacial score (nSPS) is 9.73. The van der Waals surface area contributed by atoms with Crippen LogP contribution in [0.25, 0.3) is 0 Å². The molecule has 0 aliphatic rings. The number of nitro benzene ring substituents is 1. The third kappa shape index (κ3) is 2.38. The Morgan fingerprint density at radius 3 is 2.53 bits per heavy atom. The van der Waals surface area contributed by atoms with Gasteiger partial charge in [0.05, 0.1) is 4.92 Å². The van der Waals surface area contributed by atoms with Gasteiger partial charge >= 0.3 is 0 Å². The van der Waals surface area contributed by atoms with Crippen LogP contribution in [0.4, 0.5) is 5.69 Å². The number of ketones is 1. The van der Waals surface area contributed by atoms with Crippen LogP contribution >= 0.6 is 22.6 Å². The quantitative estimate of drug-likeness (QED) is 0.281. The van der Waals surface area contributed by atoms with Crippen LogP contribution < -0.4 is 0 Å². The highest BCUT2D eigenvalue weighted by atomic mass is 127. The summed E-state index contributed by atoms with van der Waals surface area (Å²) in [5.41, 5.74) is 0.115. The Hall–Kier alpha value is -1.31. The van der Waals surface area contributed by atoms with Crippen LogP contribution in [0.5, 0.6) is 0 Å². The predicted molar refractivity (Wildman–Crippen MR) is 61.2 cm³/mol. The average Bonchev–Trinajstić information content (AvgIpc) is 2.17. The van der Waals surface area contributed by atoms with Crippen molar-refractivity contribution in [2.75, 3.05) is 0 Å². The second kappa shape index (κ2) is 4.47. The number of hydrogen-bond acceptors (Lipinski definition) is 4. The molecule has 0 aliphatic carbocycles. The van der Waals surface area contributed by atoms with E-state index in [0.717, 1.165) is 6.07 Å². The molecule has 0 N–H and O–H groups in total. The number of halogens is 1. The number of carbonyl (C=O) groups is 2. The first-order valence-electron chi connectivity index (χ1n) is 3.91. The molecule has 0 amide bonds. The molecule has 0 saturated carbocycles. The van der Waals surface area contributed by atoms with Crippen molar-refractivity contribution in [2.45, 2.75) is 6.92 Å². The lowest BCUT2D eigenvalue weighted by Gasteiger charge is -2.02. The molecular weight excluding hydrogens is 313 g/mol. The van der Waals surface area contributed by atoms with Crippen molar-refractivity contribution in [3.8, 4) is 0 Å². The number of carbonyl (C=O) groups excluding carboxylic acids is 2. The molecule has 0 atom stereocenters. The first kappa shape index (κ1) is 11.8. The van der Waals surface area contributed by atoms with Gasteiger partial charge in [0.1, 0.15) is 9.86 Å². The van der Waals surface area contributed by atoms with Crippen molar-refractivity contribution in [3.63, 3.8) is 0 Å². The van der Waals surface area contributed by atoms with E-state index in [0.29, 0.717) is 6.29 Å². The Morgan fingerprint density at radius 2 is 2.13 bits per heavy atom. The summed E-state index contributed by atoms with van der Waals surface area (Å²) in [5.74, 6) is -0.300. The largest absolute Gasteiger partial charge is 0.298 e. The van der Waals surface area contributed by atoms with E-state index < -0.39 is 4.92 Å². The Labute approximate surface area is 98.8 Å². The summed E-state index contributed by atoms with van der Waals surface area (Å²) in [6, 6.07) is 2.51. The van der Waals surface area contributed by atoms with E-state index in [1.807, 2.05) is 0 Å². The van der Waals surface area contributed by atoms with E-state index in [-0.39, 0.29) is 26.2 Å². The molecule has 0 bridgehead atoms. The molecule has 0 radical (unpaired) electrons. The Balaban J connectivity index is 3.53. The molecule has 0 saturated heterocycles. The van der Waals surface area contributed by atoms with E-state index in [9.17, 15) is 19.7 Å². The Morgan fingerprint density at radius 1 is 1.53 bits per heavy atom. The molecule has 1 aromatic carbocycles. The van der Waals surface area contributed by atoms with Crippen LogP contribution in [0.2, 0.25) is 0 Å². The van der Waals surface area contributed by atoms with Gasteiger partial charge in [-0.3, -0.25) is 19.7 Å². The molecule has 0 fully saturated rings. The summed E-state index contributed by atoms with van der Waals surface area (Å²) < 4.78 is 0.260. The molecule has 78 valence electrons. The lowest BCUT2D eigenvalue weighted by Crippen LogP contribution is -2.02. The second-order valence-corrected chi connectivity index (χ2v) is 3.91. The minimum atomic E-state index is -0.610. The summed E-state index contributed by atoms with van der Waals surface area (Å²) in [7, 11) is 0. The summed E-state index contributed by atoms with van der Waals surface area (Å²) >= 11 is 1.73. The topological polar surface area (TPSA) is 77.3 Å². The highest BCUT2D eigenvalue weighted by molar-refractivity contribution is 14.1. The summed E-state index contributed by atoms with van der Waals surface area (Å²) in [5, 5.41) is 10.6. The van der Waals surface area contributed by atoms with E-state index in [1.54, 1.807) is 22.6 Å². The van der Waals surface area contributed by atoms with Crippen molar-refractivity contribution >= 4 is 40.3 Å². The van der Waals surface area contributed by atoms with Gasteiger partial charge in [-0.2, -0.15) is 0 Å². The average molecular weight is 319 g/mol. The number of aldehydes is 1. The van der Waals surface area contributed by atoms with E-state index in [1.165, 1.54) is 13.0 Å². The molecule has 1 rings (SSSR count). The molecule has 0 aromatic heterocycles. The fourth-order valence-electron chi connectivity index (χ4n) is 1.09. The van der Waals surface area contributed by atoms with Gasteiger partial charge in [-0.25, -0.2) is 0 Å². The lowest BCUT2D eigenvalue weighted by molar-refractivity contribution is -0.385. The number of hydrogen-bond donors (Lipinski definition) is 0. The van der Waals surface area contributed by atoms with Crippen molar-refractivity contribution in [1.29, 1.82) is 0 Å². The van der Waals surface area contributed by atoms with Crippen LogP contribution in [-0.2, 0) is 0 Å². The molecule has 0 unspecified atom stereocenters. The van der Waals surface area contributed by atoms with Crippen molar-refractivity contribution in [3.05, 3.63) is 36.9 Å². The summed E-state index contributed by atoms with van der Waals surface area (Å²) in [4.78, 5) is 31.7. The number of nitrogens with zero attached hydrogens (tertiary/aromatic N) is 1. The van der Waals surface area contributed by atoms with Crippen molar-refractivity contribution < 1.29 is 14.5 Å². The number of Topliss-reactive ketones (excluding diaryl/α,β-unsaturated/α-hetero) is 1. The van der Waals surface area contributed by atoms with Gasteiger partial charge in [0.15, 0.2) is 5.78 Å². The van der Waals surface area contributed by atoms with Crippen LogP contribution in [-0.4, -0.2) is 17.0 Å². The minimum Gasteiger partial charge on any atom is -0.298 e. The lowest BCUT2D eigenvalue weighted by atomic mass is 10.1. The maximum Gasteiger partial charge on any atom is 0.284 e. The summed E-state index contributed by atoms with van der Waals surface area (Å²) in [6.45, 7) is 1.30. The van der Waals surface area contributed by atoms with Crippen LogP contribution in [0.15, 0.2) is 12.1 Å². The first-order chi connectivity index (χ1) is 6.97. The van der Waals surface area contributed by atoms with Gasteiger partial charge in [-0.1, -0.05) is 0 Å². The molecular formula is C9H6INO4. The third-order valence-electron chi connectivity index (χ3n) is 1.79. The molecule has 0 heterocycles. The molecule has 0 spiro atoms. The van der Waals surface area contributed by atoms with E-state index in [2.05, 4.69) is 0 Å². The van der Waals surface area contributed by atoms with Gasteiger partial charge in [-0.15, -0.1) is 0 Å². The monoisotopic (exact) mass is 319 g/mol. The Bertz CT molecular complexity index is 420. The molecule has 0 aliphatic heterocycles. The van der Waals surface area contributed by atoms with Gasteiger partial charge in [0.2, 0.25) is 0 Å². The van der Waals surface area contributed by atoms with E-state index >= 15 is 0 Å². The van der Waals surface area contributed by atoms with Gasteiger partial charge in [0.25, 0.3) is 5.69 Å². The third-order valence-corrected chi connectivity index (χ3v) is 2.92. The molecule has 1 aromatic rings. The summed E-state index contributed by atoms with van der Waals surface area (Å²) in [6.07, 6.45) is 0.482. The minimum absolute atomic E-state index is 0.132.